The van der Waals surface area contributed by atoms with E-state index in [0.717, 1.165) is 31.7 Å². The standard InChI is InChI=1S/C20H22ClFN2O3S/c1-28(25,26)15-4-2-14(3-5-15)27-20-17-10-13(21)11-18(22)16(17)12-19(20)24-8-6-23-7-9-24/h2-5,10-11,19-20,23H,6-9,12H2,1H3. The number of hydrogen-bond acceptors (Lipinski definition) is 5. The van der Waals surface area contributed by atoms with Crippen molar-refractivity contribution in [1.82, 2.24) is 10.2 Å². The average Bonchev–Trinajstić information content (AvgIpc) is 3.01. The lowest BCUT2D eigenvalue weighted by Gasteiger charge is -2.36. The molecule has 0 aromatic heterocycles. The molecule has 0 amide bonds. The highest BCUT2D eigenvalue weighted by Gasteiger charge is 2.40. The van der Waals surface area contributed by atoms with E-state index in [-0.39, 0.29) is 22.9 Å². The Morgan fingerprint density at radius 1 is 1.18 bits per heavy atom. The number of nitrogens with one attached hydrogen (secondary N) is 1. The zero-order chi connectivity index (χ0) is 19.9. The van der Waals surface area contributed by atoms with Gasteiger partial charge in [0.2, 0.25) is 0 Å². The van der Waals surface area contributed by atoms with E-state index < -0.39 is 9.84 Å². The third-order valence-electron chi connectivity index (χ3n) is 5.40. The largest absolute Gasteiger partial charge is 0.484 e. The normalized spacial score (nSPS) is 22.8. The van der Waals surface area contributed by atoms with Gasteiger partial charge in [-0.15, -0.1) is 0 Å². The van der Waals surface area contributed by atoms with Crippen molar-refractivity contribution < 1.29 is 17.5 Å². The molecule has 0 spiro atoms. The van der Waals surface area contributed by atoms with E-state index in [9.17, 15) is 12.8 Å². The minimum atomic E-state index is -3.27. The van der Waals surface area contributed by atoms with E-state index >= 15 is 0 Å². The van der Waals surface area contributed by atoms with Gasteiger partial charge in [-0.05, 0) is 48.4 Å². The molecular formula is C20H22ClFN2O3S. The Labute approximate surface area is 169 Å². The zero-order valence-electron chi connectivity index (χ0n) is 15.5. The lowest BCUT2D eigenvalue weighted by atomic mass is 10.1. The van der Waals surface area contributed by atoms with Crippen molar-refractivity contribution in [1.29, 1.82) is 0 Å². The van der Waals surface area contributed by atoms with Crippen LogP contribution in [0.1, 0.15) is 17.2 Å². The molecule has 1 aliphatic heterocycles. The molecule has 1 fully saturated rings. The van der Waals surface area contributed by atoms with Gasteiger partial charge in [-0.2, -0.15) is 0 Å². The number of halogens is 2. The molecule has 2 unspecified atom stereocenters. The summed E-state index contributed by atoms with van der Waals surface area (Å²) in [6.07, 6.45) is 1.36. The molecule has 1 heterocycles. The number of rotatable bonds is 4. The zero-order valence-corrected chi connectivity index (χ0v) is 17.1. The topological polar surface area (TPSA) is 58.6 Å². The summed E-state index contributed by atoms with van der Waals surface area (Å²) in [6, 6.07) is 9.46. The molecule has 4 rings (SSSR count). The highest BCUT2D eigenvalue weighted by Crippen LogP contribution is 2.40. The Hall–Kier alpha value is -1.67. The molecule has 1 saturated heterocycles. The molecule has 28 heavy (non-hydrogen) atoms. The van der Waals surface area contributed by atoms with Crippen LogP contribution in [-0.2, 0) is 16.3 Å². The minimum Gasteiger partial charge on any atom is -0.484 e. The SMILES string of the molecule is CS(=O)(=O)c1ccc(OC2c3cc(Cl)cc(F)c3CC2N2CCNCC2)cc1. The van der Waals surface area contributed by atoms with E-state index in [4.69, 9.17) is 16.3 Å². The summed E-state index contributed by atoms with van der Waals surface area (Å²) in [4.78, 5) is 2.55. The van der Waals surface area contributed by atoms with Crippen molar-refractivity contribution in [2.75, 3.05) is 32.4 Å². The second-order valence-electron chi connectivity index (χ2n) is 7.29. The third-order valence-corrected chi connectivity index (χ3v) is 6.75. The fourth-order valence-electron chi connectivity index (χ4n) is 4.00. The monoisotopic (exact) mass is 424 g/mol. The molecule has 2 aromatic rings. The fraction of sp³-hybridized carbons (Fsp3) is 0.400. The first-order valence-corrected chi connectivity index (χ1v) is 11.5. The van der Waals surface area contributed by atoms with Crippen molar-refractivity contribution in [3.05, 3.63) is 58.4 Å². The number of piperazine rings is 1. The number of hydrogen-bond donors (Lipinski definition) is 1. The van der Waals surface area contributed by atoms with Gasteiger partial charge in [0, 0.05) is 43.0 Å². The maximum atomic E-state index is 14.6. The van der Waals surface area contributed by atoms with Crippen LogP contribution in [0.3, 0.4) is 0 Å². The van der Waals surface area contributed by atoms with Crippen LogP contribution >= 0.6 is 11.6 Å². The van der Waals surface area contributed by atoms with E-state index in [1.54, 1.807) is 18.2 Å². The van der Waals surface area contributed by atoms with Crippen molar-refractivity contribution >= 4 is 21.4 Å². The van der Waals surface area contributed by atoms with Gasteiger partial charge in [0.1, 0.15) is 17.7 Å². The smallest absolute Gasteiger partial charge is 0.175 e. The minimum absolute atomic E-state index is 0.000323. The number of nitrogens with zero attached hydrogens (tertiary/aromatic N) is 1. The first-order chi connectivity index (χ1) is 13.3. The van der Waals surface area contributed by atoms with Crippen LogP contribution in [-0.4, -0.2) is 51.8 Å². The van der Waals surface area contributed by atoms with E-state index in [0.29, 0.717) is 22.8 Å². The number of ether oxygens (including phenoxy) is 1. The second kappa shape index (κ2) is 7.63. The molecule has 5 nitrogen and oxygen atoms in total. The van der Waals surface area contributed by atoms with Gasteiger partial charge in [-0.25, -0.2) is 12.8 Å². The van der Waals surface area contributed by atoms with Crippen molar-refractivity contribution in [2.24, 2.45) is 0 Å². The van der Waals surface area contributed by atoms with Gasteiger partial charge in [0.25, 0.3) is 0 Å². The summed E-state index contributed by atoms with van der Waals surface area (Å²) >= 11 is 6.12. The van der Waals surface area contributed by atoms with Crippen LogP contribution in [0.2, 0.25) is 5.02 Å². The molecule has 1 aliphatic carbocycles. The maximum Gasteiger partial charge on any atom is 0.175 e. The summed E-state index contributed by atoms with van der Waals surface area (Å²) < 4.78 is 44.2. The van der Waals surface area contributed by atoms with E-state index in [1.807, 2.05) is 0 Å². The molecule has 1 N–H and O–H groups in total. The van der Waals surface area contributed by atoms with Crippen molar-refractivity contribution in [3.63, 3.8) is 0 Å². The van der Waals surface area contributed by atoms with Crippen LogP contribution in [0.25, 0.3) is 0 Å². The average molecular weight is 425 g/mol. The Bertz CT molecular complexity index is 976. The predicted molar refractivity (Wildman–Crippen MR) is 106 cm³/mol. The first-order valence-electron chi connectivity index (χ1n) is 9.22. The van der Waals surface area contributed by atoms with Crippen molar-refractivity contribution in [3.8, 4) is 5.75 Å². The lowest BCUT2D eigenvalue weighted by molar-refractivity contribution is 0.0693. The Morgan fingerprint density at radius 3 is 2.50 bits per heavy atom. The van der Waals surface area contributed by atoms with Crippen LogP contribution in [0.5, 0.6) is 5.75 Å². The summed E-state index contributed by atoms with van der Waals surface area (Å²) in [5.41, 5.74) is 1.41. The first kappa shape index (κ1) is 19.6. The quantitative estimate of drug-likeness (QED) is 0.817. The number of fused-ring (bicyclic) bond motifs is 1. The molecule has 0 radical (unpaired) electrons. The number of benzene rings is 2. The summed E-state index contributed by atoms with van der Waals surface area (Å²) in [5.74, 6) is 0.243. The fourth-order valence-corrected chi connectivity index (χ4v) is 4.85. The molecular weight excluding hydrogens is 403 g/mol. The highest BCUT2D eigenvalue weighted by molar-refractivity contribution is 7.90. The van der Waals surface area contributed by atoms with Gasteiger partial charge in [-0.1, -0.05) is 11.6 Å². The molecule has 2 aromatic carbocycles. The van der Waals surface area contributed by atoms with Gasteiger partial charge in [0.05, 0.1) is 10.9 Å². The van der Waals surface area contributed by atoms with E-state index in [2.05, 4.69) is 10.2 Å². The van der Waals surface area contributed by atoms with Gasteiger partial charge in [-0.3, -0.25) is 4.90 Å². The van der Waals surface area contributed by atoms with Crippen LogP contribution in [0.15, 0.2) is 41.3 Å². The molecule has 0 bridgehead atoms. The van der Waals surface area contributed by atoms with Crippen LogP contribution < -0.4 is 10.1 Å². The van der Waals surface area contributed by atoms with Crippen LogP contribution in [0, 0.1) is 5.82 Å². The molecule has 2 aliphatic rings. The van der Waals surface area contributed by atoms with Gasteiger partial charge in [0.15, 0.2) is 9.84 Å². The lowest BCUT2D eigenvalue weighted by Crippen LogP contribution is -2.50. The molecule has 0 saturated carbocycles. The Balaban J connectivity index is 1.67. The summed E-state index contributed by atoms with van der Waals surface area (Å²) in [6.45, 7) is 3.49. The number of sulfone groups is 1. The summed E-state index contributed by atoms with van der Waals surface area (Å²) in [5, 5.41) is 3.68. The highest BCUT2D eigenvalue weighted by atomic mass is 35.5. The van der Waals surface area contributed by atoms with Crippen molar-refractivity contribution in [2.45, 2.75) is 23.5 Å². The Kier molecular flexibility index (Phi) is 5.35. The third kappa shape index (κ3) is 3.89. The maximum absolute atomic E-state index is 14.6. The molecule has 2 atom stereocenters. The summed E-state index contributed by atoms with van der Waals surface area (Å²) in [7, 11) is -3.27. The predicted octanol–water partition coefficient (Wildman–Crippen LogP) is 2.83. The van der Waals surface area contributed by atoms with E-state index in [1.165, 1.54) is 24.5 Å². The second-order valence-corrected chi connectivity index (χ2v) is 9.75. The molecule has 8 heteroatoms. The van der Waals surface area contributed by atoms with Crippen LogP contribution in [0.4, 0.5) is 4.39 Å². The van der Waals surface area contributed by atoms with Gasteiger partial charge < -0.3 is 10.1 Å². The van der Waals surface area contributed by atoms with Gasteiger partial charge >= 0.3 is 0 Å². The Morgan fingerprint density at radius 2 is 1.86 bits per heavy atom. The molecule has 150 valence electrons.